The van der Waals surface area contributed by atoms with Gasteiger partial charge in [0.25, 0.3) is 0 Å². The minimum atomic E-state index is 0.253. The van der Waals surface area contributed by atoms with Crippen molar-refractivity contribution < 1.29 is 4.79 Å². The topological polar surface area (TPSA) is 38.1 Å². The molecule has 3 heterocycles. The average molecular weight is 271 g/mol. The van der Waals surface area contributed by atoms with E-state index in [2.05, 4.69) is 28.7 Å². The Morgan fingerprint density at radius 3 is 2.85 bits per heavy atom. The molecule has 20 heavy (non-hydrogen) atoms. The zero-order valence-electron chi connectivity index (χ0n) is 12.0. The van der Waals surface area contributed by atoms with Gasteiger partial charge in [-0.25, -0.2) is 4.98 Å². The predicted molar refractivity (Wildman–Crippen MR) is 79.5 cm³/mol. The molecule has 2 aromatic rings. The van der Waals surface area contributed by atoms with E-state index >= 15 is 0 Å². The fraction of sp³-hybridized carbons (Fsp3) is 0.500. The highest BCUT2D eigenvalue weighted by Crippen LogP contribution is 2.21. The molecule has 4 nitrogen and oxygen atoms in total. The first kappa shape index (κ1) is 13.2. The van der Waals surface area contributed by atoms with Crippen LogP contribution in [0.3, 0.4) is 0 Å². The highest BCUT2D eigenvalue weighted by Gasteiger charge is 2.19. The molecule has 0 unspecified atom stereocenters. The number of nitrogens with zero attached hydrogens (tertiary/aromatic N) is 3. The van der Waals surface area contributed by atoms with Gasteiger partial charge in [0.2, 0.25) is 5.91 Å². The van der Waals surface area contributed by atoms with Crippen LogP contribution in [0.4, 0.5) is 0 Å². The summed E-state index contributed by atoms with van der Waals surface area (Å²) in [6.45, 7) is 4.82. The van der Waals surface area contributed by atoms with E-state index in [1.54, 1.807) is 0 Å². The molecule has 0 atom stereocenters. The lowest BCUT2D eigenvalue weighted by molar-refractivity contribution is -0.131. The number of carbonyl (C=O) groups is 1. The third kappa shape index (κ3) is 2.42. The van der Waals surface area contributed by atoms with Crippen molar-refractivity contribution in [3.63, 3.8) is 0 Å². The van der Waals surface area contributed by atoms with E-state index in [0.717, 1.165) is 49.1 Å². The van der Waals surface area contributed by atoms with Crippen LogP contribution in [-0.4, -0.2) is 33.4 Å². The largest absolute Gasteiger partial charge is 0.342 e. The molecule has 0 spiro atoms. The van der Waals surface area contributed by atoms with Crippen LogP contribution in [0.25, 0.3) is 11.0 Å². The van der Waals surface area contributed by atoms with Gasteiger partial charge in [-0.15, -0.1) is 0 Å². The fourth-order valence-electron chi connectivity index (χ4n) is 3.00. The van der Waals surface area contributed by atoms with Crippen LogP contribution in [0.15, 0.2) is 24.5 Å². The van der Waals surface area contributed by atoms with Gasteiger partial charge in [0.05, 0.1) is 6.42 Å². The van der Waals surface area contributed by atoms with Gasteiger partial charge in [-0.2, -0.15) is 0 Å². The number of rotatable bonds is 3. The first-order chi connectivity index (χ1) is 9.79. The Labute approximate surface area is 119 Å². The minimum absolute atomic E-state index is 0.253. The molecule has 1 amide bonds. The molecule has 0 aromatic carbocycles. The Balaban J connectivity index is 1.85. The molecule has 1 fully saturated rings. The van der Waals surface area contributed by atoms with Gasteiger partial charge < -0.3 is 9.47 Å². The number of likely N-dealkylation sites (tertiary alicyclic amines) is 1. The van der Waals surface area contributed by atoms with Crippen molar-refractivity contribution >= 4 is 16.9 Å². The molecule has 0 saturated carbocycles. The Kier molecular flexibility index (Phi) is 3.72. The monoisotopic (exact) mass is 271 g/mol. The third-order valence-corrected chi connectivity index (χ3v) is 4.11. The minimum Gasteiger partial charge on any atom is -0.342 e. The molecule has 2 aromatic heterocycles. The second-order valence-electron chi connectivity index (χ2n) is 5.43. The number of carbonyl (C=O) groups excluding carboxylic acids is 1. The van der Waals surface area contributed by atoms with E-state index < -0.39 is 0 Å². The van der Waals surface area contributed by atoms with Crippen LogP contribution >= 0.6 is 0 Å². The number of aromatic nitrogens is 2. The third-order valence-electron chi connectivity index (χ3n) is 4.11. The van der Waals surface area contributed by atoms with Crippen molar-refractivity contribution in [3.05, 3.63) is 30.1 Å². The van der Waals surface area contributed by atoms with Crippen molar-refractivity contribution in [3.8, 4) is 0 Å². The SMILES string of the molecule is CCn1cc(CC(=O)N2CCCCC2)c2cccnc21. The fourth-order valence-corrected chi connectivity index (χ4v) is 3.00. The molecule has 3 rings (SSSR count). The molecule has 1 aliphatic rings. The lowest BCUT2D eigenvalue weighted by atomic mass is 10.1. The van der Waals surface area contributed by atoms with Crippen molar-refractivity contribution in [2.75, 3.05) is 13.1 Å². The summed E-state index contributed by atoms with van der Waals surface area (Å²) in [4.78, 5) is 18.8. The number of hydrogen-bond acceptors (Lipinski definition) is 2. The number of hydrogen-bond donors (Lipinski definition) is 0. The number of fused-ring (bicyclic) bond motifs is 1. The summed E-state index contributed by atoms with van der Waals surface area (Å²) in [6, 6.07) is 4.00. The molecule has 0 aliphatic carbocycles. The molecule has 0 bridgehead atoms. The number of aryl methyl sites for hydroxylation is 1. The highest BCUT2D eigenvalue weighted by atomic mass is 16.2. The van der Waals surface area contributed by atoms with Crippen LogP contribution < -0.4 is 0 Å². The maximum Gasteiger partial charge on any atom is 0.227 e. The summed E-state index contributed by atoms with van der Waals surface area (Å²) in [6.07, 6.45) is 7.93. The zero-order valence-corrected chi connectivity index (χ0v) is 12.0. The maximum atomic E-state index is 12.4. The van der Waals surface area contributed by atoms with E-state index in [9.17, 15) is 4.79 Å². The highest BCUT2D eigenvalue weighted by molar-refractivity contribution is 5.87. The Bertz CT molecular complexity index is 611. The quantitative estimate of drug-likeness (QED) is 0.860. The van der Waals surface area contributed by atoms with Crippen LogP contribution in [0.2, 0.25) is 0 Å². The van der Waals surface area contributed by atoms with E-state index in [1.807, 2.05) is 17.2 Å². The summed E-state index contributed by atoms with van der Waals surface area (Å²) in [5.41, 5.74) is 2.09. The molecule has 0 N–H and O–H groups in total. The van der Waals surface area contributed by atoms with Crippen LogP contribution in [-0.2, 0) is 17.8 Å². The normalized spacial score (nSPS) is 15.8. The second kappa shape index (κ2) is 5.65. The van der Waals surface area contributed by atoms with Crippen LogP contribution in [0.1, 0.15) is 31.7 Å². The van der Waals surface area contributed by atoms with Crippen molar-refractivity contribution in [1.82, 2.24) is 14.5 Å². The molecule has 1 aliphatic heterocycles. The van der Waals surface area contributed by atoms with Crippen molar-refractivity contribution in [2.24, 2.45) is 0 Å². The van der Waals surface area contributed by atoms with Gasteiger partial charge in [-0.1, -0.05) is 0 Å². The second-order valence-corrected chi connectivity index (χ2v) is 5.43. The van der Waals surface area contributed by atoms with Gasteiger partial charge in [-0.05, 0) is 43.9 Å². The van der Waals surface area contributed by atoms with Crippen molar-refractivity contribution in [1.29, 1.82) is 0 Å². The van der Waals surface area contributed by atoms with E-state index in [4.69, 9.17) is 0 Å². The summed E-state index contributed by atoms with van der Waals surface area (Å²) in [5.74, 6) is 0.253. The van der Waals surface area contributed by atoms with Gasteiger partial charge in [-0.3, -0.25) is 4.79 Å². The Hall–Kier alpha value is -1.84. The first-order valence-corrected chi connectivity index (χ1v) is 7.50. The predicted octanol–water partition coefficient (Wildman–Crippen LogP) is 2.61. The molecular weight excluding hydrogens is 250 g/mol. The van der Waals surface area contributed by atoms with Gasteiger partial charge in [0.15, 0.2) is 0 Å². The smallest absolute Gasteiger partial charge is 0.227 e. The summed E-state index contributed by atoms with van der Waals surface area (Å²) >= 11 is 0. The standard InChI is InChI=1S/C16H21N3O/c1-2-18-12-13(14-7-6-8-17-16(14)18)11-15(20)19-9-4-3-5-10-19/h6-8,12H,2-5,9-11H2,1H3. The van der Waals surface area contributed by atoms with Crippen LogP contribution in [0.5, 0.6) is 0 Å². The van der Waals surface area contributed by atoms with Crippen molar-refractivity contribution in [2.45, 2.75) is 39.2 Å². The lowest BCUT2D eigenvalue weighted by Gasteiger charge is -2.26. The van der Waals surface area contributed by atoms with Gasteiger partial charge in [0, 0.05) is 37.4 Å². The Morgan fingerprint density at radius 2 is 2.10 bits per heavy atom. The van der Waals surface area contributed by atoms with Gasteiger partial charge in [0.1, 0.15) is 5.65 Å². The molecular formula is C16H21N3O. The number of pyridine rings is 1. The van der Waals surface area contributed by atoms with E-state index in [1.165, 1.54) is 6.42 Å². The molecule has 4 heteroatoms. The summed E-state index contributed by atoms with van der Waals surface area (Å²) in [7, 11) is 0. The molecule has 0 radical (unpaired) electrons. The van der Waals surface area contributed by atoms with E-state index in [0.29, 0.717) is 6.42 Å². The first-order valence-electron chi connectivity index (χ1n) is 7.50. The lowest BCUT2D eigenvalue weighted by Crippen LogP contribution is -2.36. The van der Waals surface area contributed by atoms with Crippen LogP contribution in [0, 0.1) is 0 Å². The maximum absolute atomic E-state index is 12.4. The average Bonchev–Trinajstić information content (AvgIpc) is 2.86. The van der Waals surface area contributed by atoms with Gasteiger partial charge >= 0.3 is 0 Å². The number of piperidine rings is 1. The summed E-state index contributed by atoms with van der Waals surface area (Å²) < 4.78 is 2.12. The zero-order chi connectivity index (χ0) is 13.9. The summed E-state index contributed by atoms with van der Waals surface area (Å²) in [5, 5.41) is 1.11. The Morgan fingerprint density at radius 1 is 1.30 bits per heavy atom. The molecule has 106 valence electrons. The molecule has 1 saturated heterocycles. The van der Waals surface area contributed by atoms with E-state index in [-0.39, 0.29) is 5.91 Å². The number of amides is 1.